The van der Waals surface area contributed by atoms with Crippen molar-refractivity contribution in [3.05, 3.63) is 28.2 Å². The van der Waals surface area contributed by atoms with E-state index in [4.69, 9.17) is 10.5 Å². The number of carbonyl (C=O) groups is 1. The molecule has 1 rings (SSSR count). The van der Waals surface area contributed by atoms with E-state index in [1.807, 2.05) is 19.9 Å². The predicted molar refractivity (Wildman–Crippen MR) is 80.5 cm³/mol. The van der Waals surface area contributed by atoms with Crippen molar-refractivity contribution in [2.45, 2.75) is 13.8 Å². The first-order valence-electron chi connectivity index (χ1n) is 6.10. The highest BCUT2D eigenvalue weighted by atomic mass is 79.9. The topological polar surface area (TPSA) is 55.6 Å². The van der Waals surface area contributed by atoms with Crippen LogP contribution in [0.2, 0.25) is 0 Å². The van der Waals surface area contributed by atoms with Gasteiger partial charge in [-0.3, -0.25) is 4.79 Å². The molecule has 0 unspecified atom stereocenters. The molecule has 0 bridgehead atoms. The third-order valence-electron chi connectivity index (χ3n) is 2.96. The van der Waals surface area contributed by atoms with Gasteiger partial charge in [0.25, 0.3) is 5.91 Å². The maximum atomic E-state index is 12.4. The maximum absolute atomic E-state index is 12.4. The van der Waals surface area contributed by atoms with Crippen LogP contribution in [0.1, 0.15) is 24.2 Å². The van der Waals surface area contributed by atoms with Crippen LogP contribution in [-0.4, -0.2) is 38.1 Å². The molecule has 0 aliphatic carbocycles. The molecule has 0 aromatic heterocycles. The Bertz CT molecular complexity index is 461. The molecule has 0 saturated heterocycles. The molecule has 0 spiro atoms. The number of nitrogens with two attached hydrogens (primary N) is 1. The number of ether oxygens (including phenoxy) is 1. The highest BCUT2D eigenvalue weighted by molar-refractivity contribution is 9.10. The number of hydrogen-bond acceptors (Lipinski definition) is 3. The molecular weight excluding hydrogens is 308 g/mol. The third kappa shape index (κ3) is 4.21. The Kier molecular flexibility index (Phi) is 5.38. The second kappa shape index (κ2) is 6.39. The highest BCUT2D eigenvalue weighted by Crippen LogP contribution is 2.25. The van der Waals surface area contributed by atoms with E-state index in [9.17, 15) is 4.79 Å². The Morgan fingerprint density at radius 1 is 1.47 bits per heavy atom. The van der Waals surface area contributed by atoms with E-state index in [0.717, 1.165) is 4.47 Å². The van der Waals surface area contributed by atoms with Gasteiger partial charge in [-0.15, -0.1) is 0 Å². The molecule has 0 aliphatic rings. The van der Waals surface area contributed by atoms with Crippen LogP contribution in [0.15, 0.2) is 22.7 Å². The summed E-state index contributed by atoms with van der Waals surface area (Å²) in [6, 6.07) is 5.38. The van der Waals surface area contributed by atoms with Crippen LogP contribution in [-0.2, 0) is 0 Å². The second-order valence-corrected chi connectivity index (χ2v) is 6.29. The molecule has 4 nitrogen and oxygen atoms in total. The van der Waals surface area contributed by atoms with Crippen molar-refractivity contribution >= 4 is 21.8 Å². The zero-order chi connectivity index (χ0) is 14.6. The van der Waals surface area contributed by atoms with Gasteiger partial charge in [-0.1, -0.05) is 29.8 Å². The summed E-state index contributed by atoms with van der Waals surface area (Å²) in [6.07, 6.45) is 0. The Morgan fingerprint density at radius 3 is 2.63 bits per heavy atom. The predicted octanol–water partition coefficient (Wildman–Crippen LogP) is 2.51. The standard InChI is InChI=1S/C14H21BrN2O2/c1-14(2,8-16)9-17(3)13(18)11-6-5-10(15)7-12(11)19-4/h5-7H,8-9,16H2,1-4H3. The second-order valence-electron chi connectivity index (χ2n) is 5.37. The SMILES string of the molecule is COc1cc(Br)ccc1C(=O)N(C)CC(C)(C)CN. The van der Waals surface area contributed by atoms with Gasteiger partial charge < -0.3 is 15.4 Å². The molecule has 5 heteroatoms. The summed E-state index contributed by atoms with van der Waals surface area (Å²) in [5, 5.41) is 0. The lowest BCUT2D eigenvalue weighted by Crippen LogP contribution is -2.39. The van der Waals surface area contributed by atoms with Crippen LogP contribution in [0.4, 0.5) is 0 Å². The minimum atomic E-state index is -0.104. The van der Waals surface area contributed by atoms with Crippen molar-refractivity contribution in [2.75, 3.05) is 27.2 Å². The monoisotopic (exact) mass is 328 g/mol. The Balaban J connectivity index is 2.94. The molecule has 2 N–H and O–H groups in total. The quantitative estimate of drug-likeness (QED) is 0.903. The van der Waals surface area contributed by atoms with Gasteiger partial charge in [-0.2, -0.15) is 0 Å². The summed E-state index contributed by atoms with van der Waals surface area (Å²) >= 11 is 3.36. The van der Waals surface area contributed by atoms with E-state index in [0.29, 0.717) is 24.4 Å². The molecule has 0 atom stereocenters. The number of amides is 1. The van der Waals surface area contributed by atoms with Crippen LogP contribution in [0.5, 0.6) is 5.75 Å². The van der Waals surface area contributed by atoms with Gasteiger partial charge in [0.15, 0.2) is 0 Å². The minimum absolute atomic E-state index is 0.0640. The number of methoxy groups -OCH3 is 1. The minimum Gasteiger partial charge on any atom is -0.496 e. The third-order valence-corrected chi connectivity index (χ3v) is 3.45. The van der Waals surface area contributed by atoms with E-state index in [1.54, 1.807) is 31.2 Å². The lowest BCUT2D eigenvalue weighted by atomic mass is 9.93. The Morgan fingerprint density at radius 2 is 2.11 bits per heavy atom. The van der Waals surface area contributed by atoms with Gasteiger partial charge in [0, 0.05) is 18.1 Å². The molecule has 19 heavy (non-hydrogen) atoms. The van der Waals surface area contributed by atoms with Gasteiger partial charge in [0.05, 0.1) is 12.7 Å². The van der Waals surface area contributed by atoms with Crippen LogP contribution < -0.4 is 10.5 Å². The molecule has 0 aliphatic heterocycles. The largest absolute Gasteiger partial charge is 0.496 e. The summed E-state index contributed by atoms with van der Waals surface area (Å²) in [6.45, 7) is 5.20. The van der Waals surface area contributed by atoms with Gasteiger partial charge in [0.1, 0.15) is 5.75 Å². The van der Waals surface area contributed by atoms with Gasteiger partial charge in [-0.05, 0) is 30.2 Å². The fraction of sp³-hybridized carbons (Fsp3) is 0.500. The molecular formula is C14H21BrN2O2. The van der Waals surface area contributed by atoms with Crippen LogP contribution in [0.25, 0.3) is 0 Å². The maximum Gasteiger partial charge on any atom is 0.257 e. The molecule has 0 saturated carbocycles. The molecule has 0 radical (unpaired) electrons. The average molecular weight is 329 g/mol. The van der Waals surface area contributed by atoms with E-state index in [-0.39, 0.29) is 11.3 Å². The molecule has 106 valence electrons. The van der Waals surface area contributed by atoms with Crippen molar-refractivity contribution in [3.63, 3.8) is 0 Å². The normalized spacial score (nSPS) is 11.3. The van der Waals surface area contributed by atoms with Crippen molar-refractivity contribution in [3.8, 4) is 5.75 Å². The molecule has 1 aromatic rings. The summed E-state index contributed by atoms with van der Waals surface area (Å²) in [5.41, 5.74) is 6.15. The van der Waals surface area contributed by atoms with Gasteiger partial charge >= 0.3 is 0 Å². The fourth-order valence-electron chi connectivity index (χ4n) is 1.83. The number of carbonyl (C=O) groups excluding carboxylic acids is 1. The first-order chi connectivity index (χ1) is 8.80. The van der Waals surface area contributed by atoms with Crippen LogP contribution in [0, 0.1) is 5.41 Å². The fourth-order valence-corrected chi connectivity index (χ4v) is 2.17. The van der Waals surface area contributed by atoms with Gasteiger partial charge in [-0.25, -0.2) is 0 Å². The highest BCUT2D eigenvalue weighted by Gasteiger charge is 2.23. The number of halogens is 1. The molecule has 0 fully saturated rings. The average Bonchev–Trinajstić information content (AvgIpc) is 2.37. The lowest BCUT2D eigenvalue weighted by Gasteiger charge is -2.29. The lowest BCUT2D eigenvalue weighted by molar-refractivity contribution is 0.0737. The summed E-state index contributed by atoms with van der Waals surface area (Å²) in [5.74, 6) is 0.502. The summed E-state index contributed by atoms with van der Waals surface area (Å²) in [7, 11) is 3.34. The van der Waals surface area contributed by atoms with Crippen LogP contribution in [0.3, 0.4) is 0 Å². The number of rotatable bonds is 5. The van der Waals surface area contributed by atoms with E-state index >= 15 is 0 Å². The Hall–Kier alpha value is -1.07. The molecule has 0 heterocycles. The first kappa shape index (κ1) is 16.0. The van der Waals surface area contributed by atoms with E-state index < -0.39 is 0 Å². The summed E-state index contributed by atoms with van der Waals surface area (Å²) < 4.78 is 6.13. The van der Waals surface area contributed by atoms with Crippen molar-refractivity contribution in [1.82, 2.24) is 4.90 Å². The van der Waals surface area contributed by atoms with Crippen molar-refractivity contribution in [2.24, 2.45) is 11.1 Å². The van der Waals surface area contributed by atoms with Crippen molar-refractivity contribution in [1.29, 1.82) is 0 Å². The summed E-state index contributed by atoms with van der Waals surface area (Å²) in [4.78, 5) is 14.1. The smallest absolute Gasteiger partial charge is 0.257 e. The molecule has 1 amide bonds. The van der Waals surface area contributed by atoms with E-state index in [1.165, 1.54) is 0 Å². The zero-order valence-corrected chi connectivity index (χ0v) is 13.5. The number of hydrogen-bond donors (Lipinski definition) is 1. The van der Waals surface area contributed by atoms with Crippen molar-refractivity contribution < 1.29 is 9.53 Å². The van der Waals surface area contributed by atoms with Gasteiger partial charge in [0.2, 0.25) is 0 Å². The molecule has 1 aromatic carbocycles. The van der Waals surface area contributed by atoms with Crippen LogP contribution >= 0.6 is 15.9 Å². The number of benzene rings is 1. The number of nitrogens with zero attached hydrogens (tertiary/aromatic N) is 1. The van der Waals surface area contributed by atoms with E-state index in [2.05, 4.69) is 15.9 Å². The first-order valence-corrected chi connectivity index (χ1v) is 6.89. The zero-order valence-electron chi connectivity index (χ0n) is 11.9. The Labute approximate surface area is 123 Å².